The van der Waals surface area contributed by atoms with E-state index < -0.39 is 17.6 Å². The summed E-state index contributed by atoms with van der Waals surface area (Å²) in [6.45, 7) is 0. The first-order valence-corrected chi connectivity index (χ1v) is 10.9. The number of aromatic nitrogens is 2. The van der Waals surface area contributed by atoms with Crippen LogP contribution in [0.15, 0.2) is 60.9 Å². The van der Waals surface area contributed by atoms with E-state index in [-0.39, 0.29) is 5.69 Å². The second-order valence-electron chi connectivity index (χ2n) is 6.33. The quantitative estimate of drug-likeness (QED) is 0.578. The molecular formula is C20H16F3N3OS2. The van der Waals surface area contributed by atoms with Gasteiger partial charge in [0.25, 0.3) is 5.91 Å². The Bertz CT molecular complexity index is 999. The molecule has 2 heterocycles. The normalized spacial score (nSPS) is 14.9. The van der Waals surface area contributed by atoms with Crippen molar-refractivity contribution < 1.29 is 18.0 Å². The van der Waals surface area contributed by atoms with Gasteiger partial charge in [0.15, 0.2) is 0 Å². The lowest BCUT2D eigenvalue weighted by Gasteiger charge is -2.15. The van der Waals surface area contributed by atoms with E-state index in [1.54, 1.807) is 24.4 Å². The van der Waals surface area contributed by atoms with Crippen LogP contribution in [0.1, 0.15) is 26.1 Å². The first-order chi connectivity index (χ1) is 13.9. The Morgan fingerprint density at radius 1 is 1.10 bits per heavy atom. The Hall–Kier alpha value is -2.39. The van der Waals surface area contributed by atoms with Crippen LogP contribution < -0.4 is 5.32 Å². The second-order valence-corrected chi connectivity index (χ2v) is 9.05. The van der Waals surface area contributed by atoms with E-state index in [9.17, 15) is 18.0 Å². The Morgan fingerprint density at radius 3 is 2.45 bits per heavy atom. The highest BCUT2D eigenvalue weighted by Gasteiger charge is 2.31. The van der Waals surface area contributed by atoms with Crippen LogP contribution in [0.4, 0.5) is 18.9 Å². The van der Waals surface area contributed by atoms with Gasteiger partial charge in [-0.05, 0) is 42.0 Å². The van der Waals surface area contributed by atoms with Crippen molar-refractivity contribution in [3.63, 3.8) is 0 Å². The smallest absolute Gasteiger partial charge is 0.320 e. The molecule has 0 radical (unpaired) electrons. The number of nitrogens with one attached hydrogen (secondary N) is 1. The number of carbonyl (C=O) groups excluding carboxylic acids is 1. The number of carbonyl (C=O) groups is 1. The molecule has 0 saturated carbocycles. The summed E-state index contributed by atoms with van der Waals surface area (Å²) in [5.74, 6) is 1.73. The number of thioether (sulfide) groups is 2. The van der Waals surface area contributed by atoms with Crippen LogP contribution in [0.3, 0.4) is 0 Å². The molecule has 1 N–H and O–H groups in total. The summed E-state index contributed by atoms with van der Waals surface area (Å²) >= 11 is 3.73. The zero-order chi connectivity index (χ0) is 20.4. The average Bonchev–Trinajstić information content (AvgIpc) is 3.41. The third-order valence-corrected chi connectivity index (χ3v) is 7.49. The zero-order valence-electron chi connectivity index (χ0n) is 15.0. The van der Waals surface area contributed by atoms with Crippen LogP contribution in [-0.2, 0) is 6.18 Å². The fraction of sp³-hybridized carbons (Fsp3) is 0.200. The number of hydrogen-bond donors (Lipinski definition) is 1. The van der Waals surface area contributed by atoms with E-state index in [1.807, 2.05) is 35.7 Å². The maximum absolute atomic E-state index is 13.2. The van der Waals surface area contributed by atoms with Gasteiger partial charge in [0.1, 0.15) is 0 Å². The van der Waals surface area contributed by atoms with Crippen molar-refractivity contribution >= 4 is 35.1 Å². The van der Waals surface area contributed by atoms with Crippen molar-refractivity contribution in [3.8, 4) is 5.69 Å². The lowest BCUT2D eigenvalue weighted by molar-refractivity contribution is -0.137. The number of amides is 1. The van der Waals surface area contributed by atoms with Gasteiger partial charge in [-0.3, -0.25) is 4.79 Å². The number of rotatable bonds is 4. The zero-order valence-corrected chi connectivity index (χ0v) is 16.7. The van der Waals surface area contributed by atoms with Crippen LogP contribution in [0.5, 0.6) is 0 Å². The van der Waals surface area contributed by atoms with E-state index in [1.165, 1.54) is 16.9 Å². The minimum atomic E-state index is -4.51. The highest BCUT2D eigenvalue weighted by molar-refractivity contribution is 8.19. The standard InChI is InChI=1S/C20H16F3N3OS2/c21-20(22,23)15-6-7-17(26-9-1-8-24-26)16(12-15)25-18(27)13-2-4-14(5-3-13)19-28-10-11-29-19/h1-9,12,19H,10-11H2,(H,25,27). The van der Waals surface area contributed by atoms with Gasteiger partial charge in [0, 0.05) is 29.5 Å². The minimum Gasteiger partial charge on any atom is -0.320 e. The van der Waals surface area contributed by atoms with E-state index in [0.29, 0.717) is 15.8 Å². The van der Waals surface area contributed by atoms with Crippen molar-refractivity contribution in [1.29, 1.82) is 0 Å². The van der Waals surface area contributed by atoms with E-state index in [4.69, 9.17) is 0 Å². The van der Waals surface area contributed by atoms with Gasteiger partial charge in [-0.15, -0.1) is 23.5 Å². The molecular weight excluding hydrogens is 419 g/mol. The summed E-state index contributed by atoms with van der Waals surface area (Å²) in [5, 5.41) is 6.66. The Kier molecular flexibility index (Phi) is 5.60. The highest BCUT2D eigenvalue weighted by Crippen LogP contribution is 2.45. The summed E-state index contributed by atoms with van der Waals surface area (Å²) in [6.07, 6.45) is -1.40. The molecule has 0 unspecified atom stereocenters. The largest absolute Gasteiger partial charge is 0.416 e. The van der Waals surface area contributed by atoms with Gasteiger partial charge in [-0.2, -0.15) is 18.3 Å². The summed E-state index contributed by atoms with van der Waals surface area (Å²) in [6, 6.07) is 12.0. The summed E-state index contributed by atoms with van der Waals surface area (Å²) in [7, 11) is 0. The average molecular weight is 435 g/mol. The number of anilines is 1. The maximum atomic E-state index is 13.2. The molecule has 0 aliphatic carbocycles. The minimum absolute atomic E-state index is 0.0412. The van der Waals surface area contributed by atoms with Gasteiger partial charge in [0.05, 0.1) is 21.5 Å². The van der Waals surface area contributed by atoms with Crippen molar-refractivity contribution in [3.05, 3.63) is 77.6 Å². The Labute approximate surface area is 173 Å². The predicted molar refractivity (Wildman–Crippen MR) is 111 cm³/mol. The molecule has 150 valence electrons. The summed E-state index contributed by atoms with van der Waals surface area (Å²) < 4.78 is 41.2. The Morgan fingerprint density at radius 2 is 1.83 bits per heavy atom. The third kappa shape index (κ3) is 4.45. The van der Waals surface area contributed by atoms with Crippen molar-refractivity contribution in [2.45, 2.75) is 10.8 Å². The molecule has 1 aromatic heterocycles. The number of halogens is 3. The van der Waals surface area contributed by atoms with Gasteiger partial charge in [-0.25, -0.2) is 4.68 Å². The molecule has 3 aromatic rings. The molecule has 0 bridgehead atoms. The number of hydrogen-bond acceptors (Lipinski definition) is 4. The molecule has 1 saturated heterocycles. The first-order valence-electron chi connectivity index (χ1n) is 8.77. The highest BCUT2D eigenvalue weighted by atomic mass is 32.2. The molecule has 1 amide bonds. The lowest BCUT2D eigenvalue weighted by atomic mass is 10.1. The van der Waals surface area contributed by atoms with E-state index in [2.05, 4.69) is 10.4 Å². The first kappa shape index (κ1) is 19.9. The Balaban J connectivity index is 1.61. The fourth-order valence-corrected chi connectivity index (χ4v) is 5.82. The predicted octanol–water partition coefficient (Wildman–Crippen LogP) is 5.62. The van der Waals surface area contributed by atoms with Crippen LogP contribution >= 0.6 is 23.5 Å². The third-order valence-electron chi connectivity index (χ3n) is 4.39. The SMILES string of the molecule is O=C(Nc1cc(C(F)(F)F)ccc1-n1cccn1)c1ccc(C2SCCS2)cc1. The molecule has 0 atom stereocenters. The van der Waals surface area contributed by atoms with Crippen molar-refractivity contribution in [2.24, 2.45) is 0 Å². The molecule has 0 spiro atoms. The van der Waals surface area contributed by atoms with Gasteiger partial charge < -0.3 is 5.32 Å². The van der Waals surface area contributed by atoms with Crippen LogP contribution in [0.2, 0.25) is 0 Å². The molecule has 4 rings (SSSR count). The number of alkyl halides is 3. The lowest BCUT2D eigenvalue weighted by Crippen LogP contribution is -2.15. The monoisotopic (exact) mass is 435 g/mol. The van der Waals surface area contributed by atoms with Gasteiger partial charge in [0.2, 0.25) is 0 Å². The van der Waals surface area contributed by atoms with Crippen molar-refractivity contribution in [1.82, 2.24) is 9.78 Å². The fourth-order valence-electron chi connectivity index (χ4n) is 2.96. The van der Waals surface area contributed by atoms with Crippen molar-refractivity contribution in [2.75, 3.05) is 16.8 Å². The second kappa shape index (κ2) is 8.16. The summed E-state index contributed by atoms with van der Waals surface area (Å²) in [5.41, 5.74) is 1.07. The van der Waals surface area contributed by atoms with Gasteiger partial charge >= 0.3 is 6.18 Å². The molecule has 4 nitrogen and oxygen atoms in total. The molecule has 2 aromatic carbocycles. The molecule has 1 aliphatic heterocycles. The maximum Gasteiger partial charge on any atom is 0.416 e. The van der Waals surface area contributed by atoms with E-state index in [0.717, 1.165) is 29.2 Å². The van der Waals surface area contributed by atoms with Gasteiger partial charge in [-0.1, -0.05) is 12.1 Å². The van der Waals surface area contributed by atoms with Crippen LogP contribution in [0.25, 0.3) is 5.69 Å². The van der Waals surface area contributed by atoms with Crippen LogP contribution in [0, 0.1) is 0 Å². The molecule has 9 heteroatoms. The number of nitrogens with zero attached hydrogens (tertiary/aromatic N) is 2. The molecule has 1 aliphatic rings. The molecule has 1 fully saturated rings. The van der Waals surface area contributed by atoms with Crippen LogP contribution in [-0.4, -0.2) is 27.2 Å². The number of benzene rings is 2. The topological polar surface area (TPSA) is 46.9 Å². The van der Waals surface area contributed by atoms with E-state index >= 15 is 0 Å². The molecule has 29 heavy (non-hydrogen) atoms. The summed E-state index contributed by atoms with van der Waals surface area (Å²) in [4.78, 5) is 12.7.